The zero-order chi connectivity index (χ0) is 14.8. The van der Waals surface area contributed by atoms with E-state index in [1.54, 1.807) is 0 Å². The van der Waals surface area contributed by atoms with Crippen LogP contribution in [0.15, 0.2) is 23.4 Å². The van der Waals surface area contributed by atoms with E-state index < -0.39 is 5.97 Å². The molecule has 7 heteroatoms. The maximum atomic E-state index is 10.9. The second kappa shape index (κ2) is 6.78. The molecule has 0 aliphatic carbocycles. The Labute approximate surface area is 145 Å². The Morgan fingerprint density at radius 3 is 2.95 bits per heavy atom. The summed E-state index contributed by atoms with van der Waals surface area (Å²) >= 11 is 5.60. The quantitative estimate of drug-likeness (QED) is 0.585. The fraction of sp³-hybridized carbons (Fsp3) is 0.429. The van der Waals surface area contributed by atoms with Crippen molar-refractivity contribution >= 4 is 63.1 Å². The molecular weight excluding hydrogens is 419 g/mol. The summed E-state index contributed by atoms with van der Waals surface area (Å²) in [5, 5.41) is 9.77. The molecule has 0 amide bonds. The number of aromatic nitrogens is 2. The summed E-state index contributed by atoms with van der Waals surface area (Å²) in [6.07, 6.45) is 2.26. The van der Waals surface area contributed by atoms with Gasteiger partial charge in [0.15, 0.2) is 5.16 Å². The number of halogens is 1. The number of hydrogen-bond donors (Lipinski definition) is 1. The Bertz CT molecular complexity index is 668. The number of carbonyl (C=O) groups is 1. The van der Waals surface area contributed by atoms with E-state index in [0.29, 0.717) is 6.04 Å². The molecule has 4 nitrogen and oxygen atoms in total. The highest BCUT2D eigenvalue weighted by atomic mass is 127. The third-order valence-corrected chi connectivity index (χ3v) is 6.16. The summed E-state index contributed by atoms with van der Waals surface area (Å²) in [4.78, 5) is 15.5. The lowest BCUT2D eigenvalue weighted by Crippen LogP contribution is -2.16. The van der Waals surface area contributed by atoms with Gasteiger partial charge in [0.25, 0.3) is 0 Å². The first-order valence-corrected chi connectivity index (χ1v) is 9.97. The first-order chi connectivity index (χ1) is 10.1. The zero-order valence-corrected chi connectivity index (χ0v) is 15.1. The molecule has 2 aromatic rings. The van der Waals surface area contributed by atoms with Gasteiger partial charge in [0, 0.05) is 9.61 Å². The standard InChI is InChI=1S/C14H15IN2O2S2/c15-9-1-2-12-11(7-9)16-14(21-8-13(18)19)17(12)10-3-5-20-6-4-10/h1-2,7,10H,3-6,8H2,(H,18,19). The van der Waals surface area contributed by atoms with Crippen LogP contribution in [0.25, 0.3) is 11.0 Å². The number of imidazole rings is 1. The molecule has 0 saturated carbocycles. The highest BCUT2D eigenvalue weighted by molar-refractivity contribution is 14.1. The highest BCUT2D eigenvalue weighted by Gasteiger charge is 2.22. The maximum absolute atomic E-state index is 10.9. The monoisotopic (exact) mass is 434 g/mol. The Morgan fingerprint density at radius 1 is 1.48 bits per heavy atom. The van der Waals surface area contributed by atoms with Crippen molar-refractivity contribution in [3.63, 3.8) is 0 Å². The predicted molar refractivity (Wildman–Crippen MR) is 96.4 cm³/mol. The molecule has 0 bridgehead atoms. The second-order valence-corrected chi connectivity index (χ2v) is 8.34. The molecule has 1 aliphatic rings. The lowest BCUT2D eigenvalue weighted by Gasteiger charge is -2.25. The number of benzene rings is 1. The summed E-state index contributed by atoms with van der Waals surface area (Å²) in [5.41, 5.74) is 2.09. The third kappa shape index (κ3) is 3.50. The number of thioether (sulfide) groups is 2. The van der Waals surface area contributed by atoms with Gasteiger partial charge >= 0.3 is 5.97 Å². The van der Waals surface area contributed by atoms with Crippen LogP contribution in [0.3, 0.4) is 0 Å². The number of nitrogens with zero attached hydrogens (tertiary/aromatic N) is 2. The smallest absolute Gasteiger partial charge is 0.313 e. The van der Waals surface area contributed by atoms with Gasteiger partial charge in [0.2, 0.25) is 0 Å². The van der Waals surface area contributed by atoms with E-state index in [0.717, 1.165) is 44.1 Å². The fourth-order valence-corrected chi connectivity index (χ4v) is 4.93. The summed E-state index contributed by atoms with van der Waals surface area (Å²) in [6, 6.07) is 6.70. The number of fused-ring (bicyclic) bond motifs is 1. The normalized spacial score (nSPS) is 16.4. The van der Waals surface area contributed by atoms with Crippen LogP contribution in [-0.4, -0.2) is 37.9 Å². The molecule has 2 heterocycles. The third-order valence-electron chi connectivity index (χ3n) is 3.50. The minimum absolute atomic E-state index is 0.0574. The van der Waals surface area contributed by atoms with Crippen LogP contribution < -0.4 is 0 Å². The number of carboxylic acids is 1. The van der Waals surface area contributed by atoms with Crippen molar-refractivity contribution in [2.24, 2.45) is 0 Å². The van der Waals surface area contributed by atoms with E-state index >= 15 is 0 Å². The summed E-state index contributed by atoms with van der Waals surface area (Å²) in [7, 11) is 0. The largest absolute Gasteiger partial charge is 0.481 e. The van der Waals surface area contributed by atoms with Gasteiger partial charge in [-0.3, -0.25) is 4.79 Å². The van der Waals surface area contributed by atoms with Crippen LogP contribution in [0, 0.1) is 3.57 Å². The lowest BCUT2D eigenvalue weighted by molar-refractivity contribution is -0.133. The Hall–Kier alpha value is -0.410. The predicted octanol–water partition coefficient (Wildman–Crippen LogP) is 3.89. The molecule has 0 atom stereocenters. The average Bonchev–Trinajstić information content (AvgIpc) is 2.83. The van der Waals surface area contributed by atoms with Gasteiger partial charge in [-0.05, 0) is 65.1 Å². The van der Waals surface area contributed by atoms with Gasteiger partial charge in [-0.25, -0.2) is 4.98 Å². The van der Waals surface area contributed by atoms with Crippen molar-refractivity contribution in [1.82, 2.24) is 9.55 Å². The molecule has 1 saturated heterocycles. The Kier molecular flexibility index (Phi) is 5.00. The second-order valence-electron chi connectivity index (χ2n) is 4.92. The topological polar surface area (TPSA) is 55.1 Å². The maximum Gasteiger partial charge on any atom is 0.313 e. The SMILES string of the molecule is O=C(O)CSc1nc2cc(I)ccc2n1C1CCSCC1. The van der Waals surface area contributed by atoms with E-state index in [-0.39, 0.29) is 5.75 Å². The Morgan fingerprint density at radius 2 is 2.24 bits per heavy atom. The average molecular weight is 434 g/mol. The molecule has 3 rings (SSSR count). The van der Waals surface area contributed by atoms with Crippen molar-refractivity contribution in [3.05, 3.63) is 21.8 Å². The number of hydrogen-bond acceptors (Lipinski definition) is 4. The van der Waals surface area contributed by atoms with Crippen LogP contribution in [-0.2, 0) is 4.79 Å². The van der Waals surface area contributed by atoms with Crippen molar-refractivity contribution < 1.29 is 9.90 Å². The molecule has 112 valence electrons. The van der Waals surface area contributed by atoms with Crippen molar-refractivity contribution in [2.45, 2.75) is 24.0 Å². The molecule has 1 aliphatic heterocycles. The van der Waals surface area contributed by atoms with Crippen LogP contribution in [0.1, 0.15) is 18.9 Å². The minimum Gasteiger partial charge on any atom is -0.481 e. The molecule has 21 heavy (non-hydrogen) atoms. The summed E-state index contributed by atoms with van der Waals surface area (Å²) in [5.74, 6) is 1.59. The van der Waals surface area contributed by atoms with Gasteiger partial charge in [0.1, 0.15) is 0 Å². The van der Waals surface area contributed by atoms with E-state index in [1.807, 2.05) is 11.8 Å². The number of carboxylic acid groups (broad SMARTS) is 1. The minimum atomic E-state index is -0.799. The van der Waals surface area contributed by atoms with Crippen molar-refractivity contribution in [2.75, 3.05) is 17.3 Å². The molecule has 1 N–H and O–H groups in total. The van der Waals surface area contributed by atoms with E-state index in [2.05, 4.69) is 50.3 Å². The van der Waals surface area contributed by atoms with Crippen LogP contribution in [0.4, 0.5) is 0 Å². The number of rotatable bonds is 4. The highest BCUT2D eigenvalue weighted by Crippen LogP contribution is 2.35. The zero-order valence-electron chi connectivity index (χ0n) is 11.3. The van der Waals surface area contributed by atoms with E-state index in [1.165, 1.54) is 11.8 Å². The summed E-state index contributed by atoms with van der Waals surface area (Å²) < 4.78 is 3.41. The molecule has 1 aromatic carbocycles. The first kappa shape index (κ1) is 15.5. The molecule has 1 aromatic heterocycles. The van der Waals surface area contributed by atoms with Crippen LogP contribution in [0.5, 0.6) is 0 Å². The first-order valence-electron chi connectivity index (χ1n) is 6.75. The fourth-order valence-electron chi connectivity index (χ4n) is 2.57. The molecular formula is C14H15IN2O2S2. The van der Waals surface area contributed by atoms with Gasteiger partial charge < -0.3 is 9.67 Å². The van der Waals surface area contributed by atoms with Crippen LogP contribution >= 0.6 is 46.1 Å². The summed E-state index contributed by atoms with van der Waals surface area (Å²) in [6.45, 7) is 0. The van der Waals surface area contributed by atoms with Gasteiger partial charge in [-0.15, -0.1) is 0 Å². The Balaban J connectivity index is 2.03. The molecule has 0 unspecified atom stereocenters. The van der Waals surface area contributed by atoms with Crippen LogP contribution in [0.2, 0.25) is 0 Å². The van der Waals surface area contributed by atoms with Gasteiger partial charge in [-0.2, -0.15) is 11.8 Å². The van der Waals surface area contributed by atoms with E-state index in [9.17, 15) is 4.79 Å². The van der Waals surface area contributed by atoms with E-state index in [4.69, 9.17) is 5.11 Å². The molecule has 0 radical (unpaired) electrons. The van der Waals surface area contributed by atoms with Gasteiger partial charge in [0.05, 0.1) is 16.8 Å². The van der Waals surface area contributed by atoms with Crippen molar-refractivity contribution in [3.8, 4) is 0 Å². The van der Waals surface area contributed by atoms with Gasteiger partial charge in [-0.1, -0.05) is 11.8 Å². The lowest BCUT2D eigenvalue weighted by atomic mass is 10.1. The molecule has 1 fully saturated rings. The number of aliphatic carboxylic acids is 1. The van der Waals surface area contributed by atoms with Crippen molar-refractivity contribution in [1.29, 1.82) is 0 Å². The molecule has 0 spiro atoms.